The molecule has 1 N–H and O–H groups in total. The molecule has 0 spiro atoms. The molecule has 1 unspecified atom stereocenters. The van der Waals surface area contributed by atoms with E-state index >= 15 is 0 Å². The summed E-state index contributed by atoms with van der Waals surface area (Å²) in [5, 5.41) is 4.57. The summed E-state index contributed by atoms with van der Waals surface area (Å²) in [5.41, 5.74) is 0. The summed E-state index contributed by atoms with van der Waals surface area (Å²) in [6, 6.07) is 0. The second kappa shape index (κ2) is 9.99. The highest BCUT2D eigenvalue weighted by Gasteiger charge is 2.25. The van der Waals surface area contributed by atoms with Crippen LogP contribution in [-0.2, 0) is 13.0 Å². The van der Waals surface area contributed by atoms with Gasteiger partial charge in [-0.15, -0.1) is 11.3 Å². The number of hydrogen-bond donors (Lipinski definition) is 1. The smallest absolute Gasteiger partial charge is 0.194 e. The summed E-state index contributed by atoms with van der Waals surface area (Å²) < 4.78 is 0. The van der Waals surface area contributed by atoms with Crippen LogP contribution in [0, 0.1) is 5.92 Å². The van der Waals surface area contributed by atoms with Gasteiger partial charge < -0.3 is 15.1 Å². The van der Waals surface area contributed by atoms with Gasteiger partial charge >= 0.3 is 0 Å². The van der Waals surface area contributed by atoms with Crippen molar-refractivity contribution in [3.05, 3.63) is 16.1 Å². The van der Waals surface area contributed by atoms with Gasteiger partial charge in [0.1, 0.15) is 5.01 Å². The summed E-state index contributed by atoms with van der Waals surface area (Å²) in [5.74, 6) is 1.80. The molecule has 1 saturated heterocycles. The average Bonchev–Trinajstić information content (AvgIpc) is 3.25. The van der Waals surface area contributed by atoms with E-state index in [0.29, 0.717) is 6.54 Å². The first kappa shape index (κ1) is 19.2. The minimum Gasteiger partial charge on any atom is -0.357 e. The topological polar surface area (TPSA) is 43.8 Å². The molecule has 1 aromatic rings. The van der Waals surface area contributed by atoms with Crippen molar-refractivity contribution in [1.29, 1.82) is 0 Å². The van der Waals surface area contributed by atoms with Crippen LogP contribution in [0.5, 0.6) is 0 Å². The molecular weight excluding hydrogens is 318 g/mol. The maximum atomic E-state index is 4.83. The lowest BCUT2D eigenvalue weighted by molar-refractivity contribution is 0.255. The van der Waals surface area contributed by atoms with Gasteiger partial charge in [-0.3, -0.25) is 0 Å². The number of rotatable bonds is 8. The largest absolute Gasteiger partial charge is 0.357 e. The second-order valence-electron chi connectivity index (χ2n) is 6.33. The Kier molecular flexibility index (Phi) is 7.99. The van der Waals surface area contributed by atoms with E-state index in [-0.39, 0.29) is 0 Å². The van der Waals surface area contributed by atoms with Gasteiger partial charge in [-0.1, -0.05) is 20.8 Å². The summed E-state index contributed by atoms with van der Waals surface area (Å²) in [6.45, 7) is 16.1. The predicted molar refractivity (Wildman–Crippen MR) is 104 cm³/mol. The maximum Gasteiger partial charge on any atom is 0.194 e. The zero-order valence-corrected chi connectivity index (χ0v) is 16.5. The molecule has 1 aliphatic rings. The highest BCUT2D eigenvalue weighted by Crippen LogP contribution is 2.19. The maximum absolute atomic E-state index is 4.83. The van der Waals surface area contributed by atoms with E-state index < -0.39 is 0 Å². The number of likely N-dealkylation sites (tertiary alicyclic amines) is 1. The third-order valence-corrected chi connectivity index (χ3v) is 5.77. The van der Waals surface area contributed by atoms with Crippen molar-refractivity contribution >= 4 is 17.3 Å². The first-order valence-electron chi connectivity index (χ1n) is 9.39. The monoisotopic (exact) mass is 351 g/mol. The zero-order chi connectivity index (χ0) is 17.4. The average molecular weight is 352 g/mol. The predicted octanol–water partition coefficient (Wildman–Crippen LogP) is 2.83. The molecule has 0 aromatic carbocycles. The van der Waals surface area contributed by atoms with E-state index in [1.165, 1.54) is 17.8 Å². The quantitative estimate of drug-likeness (QED) is 0.578. The number of nitrogens with zero attached hydrogens (tertiary/aromatic N) is 4. The van der Waals surface area contributed by atoms with Crippen LogP contribution < -0.4 is 5.32 Å². The number of guanidine groups is 1. The third-order valence-electron chi connectivity index (χ3n) is 4.65. The SMILES string of the molecule is CCNC(=NCc1ncc(CC)s1)N1CCC(CN(CC)CC)C1. The van der Waals surface area contributed by atoms with Crippen LogP contribution in [0.2, 0.25) is 0 Å². The van der Waals surface area contributed by atoms with Gasteiger partial charge in [0.15, 0.2) is 5.96 Å². The Morgan fingerprint density at radius 1 is 1.38 bits per heavy atom. The molecule has 1 atom stereocenters. The van der Waals surface area contributed by atoms with Crippen LogP contribution in [0.1, 0.15) is 44.0 Å². The molecule has 5 nitrogen and oxygen atoms in total. The first-order valence-corrected chi connectivity index (χ1v) is 10.2. The highest BCUT2D eigenvalue weighted by molar-refractivity contribution is 7.11. The molecule has 1 fully saturated rings. The second-order valence-corrected chi connectivity index (χ2v) is 7.53. The molecule has 1 aliphatic heterocycles. The van der Waals surface area contributed by atoms with Crippen LogP contribution >= 0.6 is 11.3 Å². The normalized spacial score (nSPS) is 18.6. The molecule has 0 radical (unpaired) electrons. The molecule has 0 amide bonds. The van der Waals surface area contributed by atoms with E-state index in [9.17, 15) is 0 Å². The van der Waals surface area contributed by atoms with Gasteiger partial charge in [0, 0.05) is 37.3 Å². The molecule has 2 rings (SSSR count). The van der Waals surface area contributed by atoms with Crippen molar-refractivity contribution in [1.82, 2.24) is 20.1 Å². The lowest BCUT2D eigenvalue weighted by Crippen LogP contribution is -2.40. The summed E-state index contributed by atoms with van der Waals surface area (Å²) in [7, 11) is 0. The Balaban J connectivity index is 1.93. The fraction of sp³-hybridized carbons (Fsp3) is 0.778. The molecule has 0 bridgehead atoms. The van der Waals surface area contributed by atoms with Crippen LogP contribution in [0.25, 0.3) is 0 Å². The number of aliphatic imine (C=N–C) groups is 1. The van der Waals surface area contributed by atoms with Crippen LogP contribution in [0.4, 0.5) is 0 Å². The minimum absolute atomic E-state index is 0.685. The van der Waals surface area contributed by atoms with Gasteiger partial charge in [0.2, 0.25) is 0 Å². The fourth-order valence-electron chi connectivity index (χ4n) is 3.17. The molecule has 0 saturated carbocycles. The Hall–Kier alpha value is -1.14. The Labute approximate surface area is 151 Å². The van der Waals surface area contributed by atoms with Gasteiger partial charge in [-0.25, -0.2) is 9.98 Å². The Morgan fingerprint density at radius 2 is 2.17 bits per heavy atom. The highest BCUT2D eigenvalue weighted by atomic mass is 32.1. The van der Waals surface area contributed by atoms with E-state index in [1.54, 1.807) is 11.3 Å². The van der Waals surface area contributed by atoms with Crippen molar-refractivity contribution in [2.24, 2.45) is 10.9 Å². The lowest BCUT2D eigenvalue weighted by Gasteiger charge is -2.24. The van der Waals surface area contributed by atoms with Gasteiger partial charge in [-0.05, 0) is 38.8 Å². The number of thiazole rings is 1. The number of aromatic nitrogens is 1. The van der Waals surface area contributed by atoms with Crippen molar-refractivity contribution < 1.29 is 0 Å². The zero-order valence-electron chi connectivity index (χ0n) is 15.7. The standard InChI is InChI=1S/C18H33N5S/c1-5-16-11-20-17(24-16)12-21-18(19-6-2)23-10-9-15(14-23)13-22(7-3)8-4/h11,15H,5-10,12-14H2,1-4H3,(H,19,21). The summed E-state index contributed by atoms with van der Waals surface area (Å²) >= 11 is 1.78. The van der Waals surface area contributed by atoms with Crippen LogP contribution in [0.3, 0.4) is 0 Å². The van der Waals surface area contributed by atoms with E-state index in [0.717, 1.165) is 56.0 Å². The van der Waals surface area contributed by atoms with Crippen molar-refractivity contribution in [3.8, 4) is 0 Å². The van der Waals surface area contributed by atoms with E-state index in [4.69, 9.17) is 4.99 Å². The van der Waals surface area contributed by atoms with E-state index in [2.05, 4.69) is 47.8 Å². The van der Waals surface area contributed by atoms with Crippen LogP contribution in [0.15, 0.2) is 11.2 Å². The van der Waals surface area contributed by atoms with Gasteiger partial charge in [0.05, 0.1) is 6.54 Å². The number of aryl methyl sites for hydroxylation is 1. The molecule has 0 aliphatic carbocycles. The van der Waals surface area contributed by atoms with E-state index in [1.807, 2.05) is 6.20 Å². The lowest BCUT2D eigenvalue weighted by atomic mass is 10.1. The summed E-state index contributed by atoms with van der Waals surface area (Å²) in [4.78, 5) is 15.6. The molecule has 6 heteroatoms. The third kappa shape index (κ3) is 5.45. The Bertz CT molecular complexity index is 509. The molecule has 1 aromatic heterocycles. The molecule has 24 heavy (non-hydrogen) atoms. The number of hydrogen-bond acceptors (Lipinski definition) is 4. The Morgan fingerprint density at radius 3 is 2.79 bits per heavy atom. The molecular formula is C18H33N5S. The fourth-order valence-corrected chi connectivity index (χ4v) is 3.96. The van der Waals surface area contributed by atoms with Crippen LogP contribution in [-0.4, -0.2) is 60.0 Å². The molecule has 136 valence electrons. The van der Waals surface area contributed by atoms with Crippen molar-refractivity contribution in [2.75, 3.05) is 39.3 Å². The summed E-state index contributed by atoms with van der Waals surface area (Å²) in [6.07, 6.45) is 4.30. The van der Waals surface area contributed by atoms with Gasteiger partial charge in [0.25, 0.3) is 0 Å². The van der Waals surface area contributed by atoms with Crippen molar-refractivity contribution in [2.45, 2.75) is 47.1 Å². The number of nitrogens with one attached hydrogen (secondary N) is 1. The van der Waals surface area contributed by atoms with Crippen molar-refractivity contribution in [3.63, 3.8) is 0 Å². The molecule has 2 heterocycles. The first-order chi connectivity index (χ1) is 11.7. The van der Waals surface area contributed by atoms with Gasteiger partial charge in [-0.2, -0.15) is 0 Å². The minimum atomic E-state index is 0.685.